The minimum absolute atomic E-state index is 0.0503. The van der Waals surface area contributed by atoms with E-state index in [2.05, 4.69) is 19.1 Å². The Hall–Kier alpha value is -0.340. The molecule has 0 saturated heterocycles. The fourth-order valence-corrected chi connectivity index (χ4v) is 3.26. The molecule has 0 amide bonds. The number of rotatable bonds is 20. The highest BCUT2D eigenvalue weighted by atomic mass is 16.7. The van der Waals surface area contributed by atoms with Gasteiger partial charge in [-0.25, -0.2) is 0 Å². The molecule has 0 bridgehead atoms. The molecule has 0 heterocycles. The van der Waals surface area contributed by atoms with Gasteiger partial charge in [0.1, 0.15) is 0 Å². The summed E-state index contributed by atoms with van der Waals surface area (Å²) in [6, 6.07) is 0. The lowest BCUT2D eigenvalue weighted by Gasteiger charge is -2.10. The number of ether oxygens (including phenoxy) is 2. The molecule has 0 aromatic carbocycles. The maximum Gasteiger partial charge on any atom is 0.157 e. The van der Waals surface area contributed by atoms with Crippen LogP contribution in [0.25, 0.3) is 0 Å². The quantitative estimate of drug-likeness (QED) is 0.126. The van der Waals surface area contributed by atoms with Crippen molar-refractivity contribution in [3.63, 3.8) is 0 Å². The largest absolute Gasteiger partial charge is 0.356 e. The molecule has 0 aliphatic heterocycles. The van der Waals surface area contributed by atoms with Crippen LogP contribution in [-0.2, 0) is 9.47 Å². The average molecular weight is 355 g/mol. The Labute approximate surface area is 158 Å². The van der Waals surface area contributed by atoms with Gasteiger partial charge in [-0.05, 0) is 19.3 Å². The molecule has 0 saturated carbocycles. The Morgan fingerprint density at radius 3 is 1.40 bits per heavy atom. The zero-order valence-corrected chi connectivity index (χ0v) is 17.6. The fourth-order valence-electron chi connectivity index (χ4n) is 3.26. The van der Waals surface area contributed by atoms with Crippen molar-refractivity contribution in [2.45, 2.75) is 122 Å². The van der Waals surface area contributed by atoms with E-state index in [4.69, 9.17) is 9.47 Å². The zero-order valence-electron chi connectivity index (χ0n) is 17.6. The number of methoxy groups -OCH3 is 2. The van der Waals surface area contributed by atoms with Gasteiger partial charge in [0.15, 0.2) is 6.29 Å². The molecule has 0 unspecified atom stereocenters. The van der Waals surface area contributed by atoms with E-state index in [1.54, 1.807) is 14.2 Å². The molecule has 0 spiro atoms. The fraction of sp³-hybridized carbons (Fsp3) is 0.913. The Kier molecular flexibility index (Phi) is 21.4. The van der Waals surface area contributed by atoms with E-state index in [0.717, 1.165) is 12.8 Å². The summed E-state index contributed by atoms with van der Waals surface area (Å²) in [6.07, 6.45) is 27.8. The molecule has 0 aliphatic carbocycles. The highest BCUT2D eigenvalue weighted by molar-refractivity contribution is 4.81. The van der Waals surface area contributed by atoms with Gasteiger partial charge in [-0.3, -0.25) is 0 Å². The topological polar surface area (TPSA) is 18.5 Å². The first-order valence-electron chi connectivity index (χ1n) is 11.1. The Morgan fingerprint density at radius 2 is 0.960 bits per heavy atom. The maximum absolute atomic E-state index is 5.18. The first-order valence-corrected chi connectivity index (χ1v) is 11.1. The molecule has 0 N–H and O–H groups in total. The van der Waals surface area contributed by atoms with Crippen LogP contribution >= 0.6 is 0 Å². The molecule has 150 valence electrons. The molecule has 2 nitrogen and oxygen atoms in total. The third-order valence-corrected chi connectivity index (χ3v) is 4.99. The van der Waals surface area contributed by atoms with Crippen molar-refractivity contribution in [3.05, 3.63) is 12.2 Å². The second-order valence-corrected chi connectivity index (χ2v) is 7.33. The van der Waals surface area contributed by atoms with Gasteiger partial charge < -0.3 is 9.47 Å². The van der Waals surface area contributed by atoms with E-state index < -0.39 is 0 Å². The summed E-state index contributed by atoms with van der Waals surface area (Å²) in [5.74, 6) is 0. The minimum Gasteiger partial charge on any atom is -0.356 e. The summed E-state index contributed by atoms with van der Waals surface area (Å²) in [6.45, 7) is 2.29. The third kappa shape index (κ3) is 19.8. The lowest BCUT2D eigenvalue weighted by molar-refractivity contribution is -0.105. The SMILES string of the molecule is CCCCCCCCCCCCCCCC/C=C\CCC(OC)OC. The van der Waals surface area contributed by atoms with Crippen molar-refractivity contribution in [1.82, 2.24) is 0 Å². The average Bonchev–Trinajstić information content (AvgIpc) is 2.64. The first kappa shape index (κ1) is 24.7. The van der Waals surface area contributed by atoms with Gasteiger partial charge in [0, 0.05) is 20.6 Å². The molecule has 0 atom stereocenters. The lowest BCUT2D eigenvalue weighted by atomic mass is 10.0. The molecule has 2 heteroatoms. The van der Waals surface area contributed by atoms with E-state index in [1.165, 1.54) is 96.3 Å². The van der Waals surface area contributed by atoms with Crippen LogP contribution in [0.3, 0.4) is 0 Å². The predicted molar refractivity (Wildman–Crippen MR) is 111 cm³/mol. The monoisotopic (exact) mass is 354 g/mol. The van der Waals surface area contributed by atoms with Gasteiger partial charge in [-0.15, -0.1) is 0 Å². The van der Waals surface area contributed by atoms with Crippen molar-refractivity contribution >= 4 is 0 Å². The summed E-state index contributed by atoms with van der Waals surface area (Å²) in [5, 5.41) is 0. The summed E-state index contributed by atoms with van der Waals surface area (Å²) in [5.41, 5.74) is 0. The summed E-state index contributed by atoms with van der Waals surface area (Å²) >= 11 is 0. The Balaban J connectivity index is 3.11. The normalized spacial score (nSPS) is 11.8. The van der Waals surface area contributed by atoms with Crippen LogP contribution in [0.5, 0.6) is 0 Å². The van der Waals surface area contributed by atoms with Gasteiger partial charge in [0.2, 0.25) is 0 Å². The zero-order chi connectivity index (χ0) is 18.4. The Morgan fingerprint density at radius 1 is 0.560 bits per heavy atom. The number of hydrogen-bond acceptors (Lipinski definition) is 2. The molecule has 0 fully saturated rings. The predicted octanol–water partition coefficient (Wildman–Crippen LogP) is 7.81. The smallest absolute Gasteiger partial charge is 0.157 e. The van der Waals surface area contributed by atoms with Crippen LogP contribution in [0.1, 0.15) is 116 Å². The standard InChI is InChI=1S/C23H46O2/c1-4-5-6-7-8-9-10-11-12-13-14-15-16-17-18-19-20-21-22-23(24-2)25-3/h19-20,23H,4-18,21-22H2,1-3H3/b20-19-. The second-order valence-electron chi connectivity index (χ2n) is 7.33. The van der Waals surface area contributed by atoms with Crippen LogP contribution in [0.2, 0.25) is 0 Å². The molecule has 0 aliphatic rings. The minimum atomic E-state index is -0.0503. The molecular weight excluding hydrogens is 308 g/mol. The van der Waals surface area contributed by atoms with Gasteiger partial charge in [-0.2, -0.15) is 0 Å². The second kappa shape index (κ2) is 21.7. The van der Waals surface area contributed by atoms with Crippen LogP contribution in [0.15, 0.2) is 12.2 Å². The molecule has 0 radical (unpaired) electrons. The van der Waals surface area contributed by atoms with Crippen molar-refractivity contribution in [1.29, 1.82) is 0 Å². The van der Waals surface area contributed by atoms with E-state index in [-0.39, 0.29) is 6.29 Å². The van der Waals surface area contributed by atoms with E-state index in [1.807, 2.05) is 0 Å². The van der Waals surface area contributed by atoms with Gasteiger partial charge in [0.05, 0.1) is 0 Å². The van der Waals surface area contributed by atoms with Crippen LogP contribution in [0.4, 0.5) is 0 Å². The number of allylic oxidation sites excluding steroid dienone is 2. The van der Waals surface area contributed by atoms with E-state index in [0.29, 0.717) is 0 Å². The number of hydrogen-bond donors (Lipinski definition) is 0. The van der Waals surface area contributed by atoms with Crippen LogP contribution in [0, 0.1) is 0 Å². The van der Waals surface area contributed by atoms with Crippen molar-refractivity contribution in [3.8, 4) is 0 Å². The molecular formula is C23H46O2. The molecule has 0 rings (SSSR count). The van der Waals surface area contributed by atoms with Crippen molar-refractivity contribution in [2.24, 2.45) is 0 Å². The molecule has 0 aromatic rings. The van der Waals surface area contributed by atoms with Crippen LogP contribution in [-0.4, -0.2) is 20.5 Å². The van der Waals surface area contributed by atoms with Crippen LogP contribution < -0.4 is 0 Å². The van der Waals surface area contributed by atoms with Gasteiger partial charge in [0.25, 0.3) is 0 Å². The number of unbranched alkanes of at least 4 members (excludes halogenated alkanes) is 14. The van der Waals surface area contributed by atoms with E-state index in [9.17, 15) is 0 Å². The summed E-state index contributed by atoms with van der Waals surface area (Å²) < 4.78 is 10.4. The lowest BCUT2D eigenvalue weighted by Crippen LogP contribution is -2.11. The highest BCUT2D eigenvalue weighted by Gasteiger charge is 2.01. The third-order valence-electron chi connectivity index (χ3n) is 4.99. The van der Waals surface area contributed by atoms with Crippen molar-refractivity contribution < 1.29 is 9.47 Å². The molecule has 25 heavy (non-hydrogen) atoms. The Bertz CT molecular complexity index is 259. The van der Waals surface area contributed by atoms with E-state index >= 15 is 0 Å². The maximum atomic E-state index is 5.18. The first-order chi connectivity index (χ1) is 12.3. The molecule has 0 aromatic heterocycles. The van der Waals surface area contributed by atoms with Gasteiger partial charge >= 0.3 is 0 Å². The summed E-state index contributed by atoms with van der Waals surface area (Å²) in [7, 11) is 3.40. The van der Waals surface area contributed by atoms with Crippen molar-refractivity contribution in [2.75, 3.05) is 14.2 Å². The highest BCUT2D eigenvalue weighted by Crippen LogP contribution is 2.13. The van der Waals surface area contributed by atoms with Gasteiger partial charge in [-0.1, -0.05) is 103 Å². The summed E-state index contributed by atoms with van der Waals surface area (Å²) in [4.78, 5) is 0.